The number of rotatable bonds is 10. The van der Waals surface area contributed by atoms with Crippen molar-refractivity contribution in [3.63, 3.8) is 0 Å². The minimum atomic E-state index is -0.182. The molecule has 1 N–H and O–H groups in total. The van der Waals surface area contributed by atoms with Gasteiger partial charge in [0.05, 0.1) is 27.1 Å². The van der Waals surface area contributed by atoms with Gasteiger partial charge in [-0.1, -0.05) is 31.7 Å². The third-order valence-electron chi connectivity index (χ3n) is 3.85. The number of hydrogen-bond donors (Lipinski definition) is 1. The number of nitrogens with one attached hydrogen (secondary N) is 1. The molecule has 0 saturated heterocycles. The zero-order valence-electron chi connectivity index (χ0n) is 16.8. The lowest BCUT2D eigenvalue weighted by molar-refractivity contribution is -0.113. The predicted molar refractivity (Wildman–Crippen MR) is 110 cm³/mol. The maximum Gasteiger partial charge on any atom is 0.234 e. The Morgan fingerprint density at radius 2 is 1.86 bits per heavy atom. The van der Waals surface area contributed by atoms with Crippen LogP contribution in [0.25, 0.3) is 0 Å². The zero-order valence-corrected chi connectivity index (χ0v) is 17.6. The Morgan fingerprint density at radius 3 is 2.36 bits per heavy atom. The molecule has 28 heavy (non-hydrogen) atoms. The second-order valence-electron chi connectivity index (χ2n) is 6.15. The molecule has 1 aromatic carbocycles. The minimum Gasteiger partial charge on any atom is -0.493 e. The number of aromatic nitrogens is 3. The number of carbonyl (C=O) groups excluding carboxylic acids is 1. The summed E-state index contributed by atoms with van der Waals surface area (Å²) in [4.78, 5) is 12.4. The molecule has 1 amide bonds. The molecule has 2 aromatic rings. The van der Waals surface area contributed by atoms with E-state index >= 15 is 0 Å². The number of allylic oxidation sites excluding steroid dienone is 1. The third kappa shape index (κ3) is 4.98. The van der Waals surface area contributed by atoms with E-state index in [2.05, 4.69) is 35.9 Å². The highest BCUT2D eigenvalue weighted by Gasteiger charge is 2.17. The lowest BCUT2D eigenvalue weighted by atomic mass is 10.2. The van der Waals surface area contributed by atoms with Gasteiger partial charge in [0.25, 0.3) is 0 Å². The normalized spacial score (nSPS) is 10.6. The summed E-state index contributed by atoms with van der Waals surface area (Å²) in [6.07, 6.45) is 1.79. The van der Waals surface area contributed by atoms with E-state index in [1.807, 2.05) is 4.57 Å². The molecule has 1 heterocycles. The molecule has 0 fully saturated rings. The highest BCUT2D eigenvalue weighted by molar-refractivity contribution is 7.99. The number of amides is 1. The molecule has 0 bridgehead atoms. The van der Waals surface area contributed by atoms with E-state index in [0.717, 1.165) is 5.82 Å². The first-order chi connectivity index (χ1) is 13.4. The highest BCUT2D eigenvalue weighted by Crippen LogP contribution is 2.40. The van der Waals surface area contributed by atoms with Crippen molar-refractivity contribution in [3.8, 4) is 17.2 Å². The Bertz CT molecular complexity index is 810. The third-order valence-corrected chi connectivity index (χ3v) is 4.82. The Hall–Kier alpha value is -2.68. The van der Waals surface area contributed by atoms with Gasteiger partial charge in [-0.15, -0.1) is 16.8 Å². The van der Waals surface area contributed by atoms with E-state index in [0.29, 0.717) is 34.6 Å². The number of anilines is 1. The Labute approximate surface area is 169 Å². The van der Waals surface area contributed by atoms with Gasteiger partial charge in [-0.2, -0.15) is 0 Å². The molecule has 0 aliphatic heterocycles. The van der Waals surface area contributed by atoms with Crippen molar-refractivity contribution in [1.29, 1.82) is 0 Å². The largest absolute Gasteiger partial charge is 0.493 e. The number of carbonyl (C=O) groups is 1. The summed E-state index contributed by atoms with van der Waals surface area (Å²) in [6, 6.07) is 3.36. The van der Waals surface area contributed by atoms with Crippen LogP contribution in [0.5, 0.6) is 17.2 Å². The fourth-order valence-corrected chi connectivity index (χ4v) is 3.37. The summed E-state index contributed by atoms with van der Waals surface area (Å²) in [6.45, 7) is 8.47. The van der Waals surface area contributed by atoms with Gasteiger partial charge < -0.3 is 24.1 Å². The molecule has 0 spiro atoms. The van der Waals surface area contributed by atoms with Gasteiger partial charge >= 0.3 is 0 Å². The molecule has 0 saturated carbocycles. The van der Waals surface area contributed by atoms with Gasteiger partial charge in [0.15, 0.2) is 16.7 Å². The first kappa shape index (κ1) is 21.6. The van der Waals surface area contributed by atoms with Crippen LogP contribution in [-0.4, -0.2) is 47.8 Å². The monoisotopic (exact) mass is 406 g/mol. The Balaban J connectivity index is 2.10. The average molecular weight is 407 g/mol. The number of benzene rings is 1. The molecule has 9 heteroatoms. The van der Waals surface area contributed by atoms with E-state index in [-0.39, 0.29) is 17.6 Å². The Kier molecular flexibility index (Phi) is 7.74. The molecule has 0 atom stereocenters. The molecule has 2 rings (SSSR count). The van der Waals surface area contributed by atoms with Crippen LogP contribution < -0.4 is 19.5 Å². The van der Waals surface area contributed by atoms with Gasteiger partial charge in [-0.3, -0.25) is 4.79 Å². The average Bonchev–Trinajstić information content (AvgIpc) is 3.08. The predicted octanol–water partition coefficient (Wildman–Crippen LogP) is 3.34. The van der Waals surface area contributed by atoms with Crippen LogP contribution in [0.4, 0.5) is 5.69 Å². The SMILES string of the molecule is C=CCn1c(SCC(=O)Nc2cc(OC)c(OC)c(OC)c2)nnc1C(C)C. The topological polar surface area (TPSA) is 87.5 Å². The molecular formula is C19H26N4O4S. The first-order valence-electron chi connectivity index (χ1n) is 8.71. The van der Waals surface area contributed by atoms with Crippen molar-refractivity contribution in [2.45, 2.75) is 31.5 Å². The molecule has 0 unspecified atom stereocenters. The quantitative estimate of drug-likeness (QED) is 0.478. The number of nitrogens with zero attached hydrogens (tertiary/aromatic N) is 3. The minimum absolute atomic E-state index is 0.182. The fourth-order valence-electron chi connectivity index (χ4n) is 2.62. The van der Waals surface area contributed by atoms with E-state index < -0.39 is 0 Å². The van der Waals surface area contributed by atoms with Crippen molar-refractivity contribution in [1.82, 2.24) is 14.8 Å². The summed E-state index contributed by atoms with van der Waals surface area (Å²) in [7, 11) is 4.58. The van der Waals surface area contributed by atoms with E-state index in [1.165, 1.54) is 33.1 Å². The van der Waals surface area contributed by atoms with Crippen LogP contribution in [-0.2, 0) is 11.3 Å². The van der Waals surface area contributed by atoms with E-state index in [9.17, 15) is 4.79 Å². The van der Waals surface area contributed by atoms with Crippen molar-refractivity contribution >= 4 is 23.4 Å². The van der Waals surface area contributed by atoms with Gasteiger partial charge in [-0.25, -0.2) is 0 Å². The zero-order chi connectivity index (χ0) is 20.7. The maximum atomic E-state index is 12.4. The van der Waals surface area contributed by atoms with Gasteiger partial charge in [0, 0.05) is 30.3 Å². The van der Waals surface area contributed by atoms with Crippen LogP contribution in [0.3, 0.4) is 0 Å². The van der Waals surface area contributed by atoms with Crippen LogP contribution in [0.2, 0.25) is 0 Å². The van der Waals surface area contributed by atoms with Crippen molar-refractivity contribution in [2.24, 2.45) is 0 Å². The summed E-state index contributed by atoms with van der Waals surface area (Å²) in [5, 5.41) is 12.0. The number of hydrogen-bond acceptors (Lipinski definition) is 7. The van der Waals surface area contributed by atoms with Crippen molar-refractivity contribution in [2.75, 3.05) is 32.4 Å². The van der Waals surface area contributed by atoms with Crippen LogP contribution in [0.1, 0.15) is 25.6 Å². The van der Waals surface area contributed by atoms with Crippen LogP contribution in [0.15, 0.2) is 29.9 Å². The first-order valence-corrected chi connectivity index (χ1v) is 9.70. The molecule has 0 aliphatic carbocycles. The molecule has 0 aliphatic rings. The number of thioether (sulfide) groups is 1. The summed E-state index contributed by atoms with van der Waals surface area (Å²) in [5.41, 5.74) is 0.551. The fraction of sp³-hybridized carbons (Fsp3) is 0.421. The smallest absolute Gasteiger partial charge is 0.234 e. The number of ether oxygens (including phenoxy) is 3. The lowest BCUT2D eigenvalue weighted by Gasteiger charge is -2.14. The van der Waals surface area contributed by atoms with Gasteiger partial charge in [0.1, 0.15) is 5.82 Å². The van der Waals surface area contributed by atoms with E-state index in [4.69, 9.17) is 14.2 Å². The summed E-state index contributed by atoms with van der Waals surface area (Å²) in [5.74, 6) is 2.51. The second kappa shape index (κ2) is 10.0. The lowest BCUT2D eigenvalue weighted by Crippen LogP contribution is -2.15. The Morgan fingerprint density at radius 1 is 1.21 bits per heavy atom. The summed E-state index contributed by atoms with van der Waals surface area (Å²) >= 11 is 1.32. The molecular weight excluding hydrogens is 380 g/mol. The summed E-state index contributed by atoms with van der Waals surface area (Å²) < 4.78 is 17.9. The second-order valence-corrected chi connectivity index (χ2v) is 7.09. The standard InChI is InChI=1S/C19H26N4O4S/c1-7-8-23-18(12(2)3)21-22-19(23)28-11-16(24)20-13-9-14(25-4)17(27-6)15(10-13)26-5/h7,9-10,12H,1,8,11H2,2-6H3,(H,20,24). The molecule has 8 nitrogen and oxygen atoms in total. The molecule has 152 valence electrons. The van der Waals surface area contributed by atoms with Crippen molar-refractivity contribution < 1.29 is 19.0 Å². The number of methoxy groups -OCH3 is 3. The van der Waals surface area contributed by atoms with Crippen LogP contribution >= 0.6 is 11.8 Å². The maximum absolute atomic E-state index is 12.4. The van der Waals surface area contributed by atoms with Gasteiger partial charge in [-0.05, 0) is 0 Å². The van der Waals surface area contributed by atoms with Crippen LogP contribution in [0, 0.1) is 0 Å². The van der Waals surface area contributed by atoms with Crippen molar-refractivity contribution in [3.05, 3.63) is 30.6 Å². The van der Waals surface area contributed by atoms with E-state index in [1.54, 1.807) is 18.2 Å². The molecule has 0 radical (unpaired) electrons. The molecule has 1 aromatic heterocycles. The van der Waals surface area contributed by atoms with Gasteiger partial charge in [0.2, 0.25) is 11.7 Å². The highest BCUT2D eigenvalue weighted by atomic mass is 32.2.